The number of anilines is 3. The van der Waals surface area contributed by atoms with Gasteiger partial charge in [0.25, 0.3) is 0 Å². The largest absolute Gasteiger partial charge is 0.455 e. The second kappa shape index (κ2) is 14.3. The minimum Gasteiger partial charge on any atom is -0.455 e. The van der Waals surface area contributed by atoms with E-state index in [1.54, 1.807) is 0 Å². The Morgan fingerprint density at radius 1 is 0.311 bits per heavy atom. The van der Waals surface area contributed by atoms with Crippen LogP contribution in [0.5, 0.6) is 0 Å². The summed E-state index contributed by atoms with van der Waals surface area (Å²) in [5.74, 6) is 0. The predicted molar refractivity (Wildman–Crippen MR) is 309 cm³/mol. The third kappa shape index (κ3) is 5.31. The molecule has 0 saturated heterocycles. The van der Waals surface area contributed by atoms with Gasteiger partial charge < -0.3 is 13.7 Å². The molecule has 0 amide bonds. The van der Waals surface area contributed by atoms with E-state index in [0.717, 1.165) is 50.3 Å². The summed E-state index contributed by atoms with van der Waals surface area (Å²) in [6, 6.07) is 74.2. The van der Waals surface area contributed by atoms with Gasteiger partial charge in [-0.15, -0.1) is 0 Å². The molecular formula is C71H51NO2. The molecule has 0 bridgehead atoms. The SMILES string of the molecule is CC1(C)c2cc(N(c3ccc4c(c3)C(C)(C)c3c5c(c6oc7ccccc7c6c3-4)-c3ccccc3C5(C)C)c3ccc4ccccc4c3)ccc2-c2c1cc(-c1cccc3ccccc13)c1oc3ccccc3c21. The van der Waals surface area contributed by atoms with Crippen molar-refractivity contribution in [2.24, 2.45) is 0 Å². The van der Waals surface area contributed by atoms with Gasteiger partial charge in [0.05, 0.1) is 0 Å². The zero-order valence-electron chi connectivity index (χ0n) is 42.3. The number of nitrogens with zero attached hydrogens (tertiary/aromatic N) is 1. The van der Waals surface area contributed by atoms with Gasteiger partial charge in [0, 0.05) is 66.0 Å². The van der Waals surface area contributed by atoms with Gasteiger partial charge in [-0.3, -0.25) is 0 Å². The molecule has 0 spiro atoms. The topological polar surface area (TPSA) is 29.5 Å². The van der Waals surface area contributed by atoms with Crippen molar-refractivity contribution in [2.45, 2.75) is 57.8 Å². The van der Waals surface area contributed by atoms with E-state index in [0.29, 0.717) is 0 Å². The highest BCUT2D eigenvalue weighted by atomic mass is 16.3. The second-order valence-electron chi connectivity index (χ2n) is 22.7. The van der Waals surface area contributed by atoms with Crippen LogP contribution in [-0.2, 0) is 16.2 Å². The van der Waals surface area contributed by atoms with Crippen LogP contribution in [0.15, 0.2) is 209 Å². The van der Waals surface area contributed by atoms with Gasteiger partial charge in [0.15, 0.2) is 0 Å². The minimum atomic E-state index is -0.341. The third-order valence-corrected chi connectivity index (χ3v) is 17.7. The summed E-state index contributed by atoms with van der Waals surface area (Å²) in [6.45, 7) is 14.6. The fourth-order valence-electron chi connectivity index (χ4n) is 14.3. The molecule has 0 N–H and O–H groups in total. The van der Waals surface area contributed by atoms with Gasteiger partial charge in [-0.05, 0) is 143 Å². The zero-order chi connectivity index (χ0) is 49.6. The van der Waals surface area contributed by atoms with Gasteiger partial charge in [0.2, 0.25) is 0 Å². The molecule has 3 heteroatoms. The van der Waals surface area contributed by atoms with Crippen LogP contribution in [0.25, 0.3) is 110 Å². The number of hydrogen-bond acceptors (Lipinski definition) is 3. The molecule has 3 aliphatic carbocycles. The van der Waals surface area contributed by atoms with Crippen LogP contribution >= 0.6 is 0 Å². The van der Waals surface area contributed by atoms with E-state index in [1.807, 2.05) is 0 Å². The first-order chi connectivity index (χ1) is 36.0. The Labute approximate surface area is 429 Å². The van der Waals surface area contributed by atoms with Crippen LogP contribution in [0.3, 0.4) is 0 Å². The number of para-hydroxylation sites is 2. The van der Waals surface area contributed by atoms with E-state index in [-0.39, 0.29) is 16.2 Å². The molecular weight excluding hydrogens is 899 g/mol. The Balaban J connectivity index is 0.925. The fourth-order valence-corrected chi connectivity index (χ4v) is 14.3. The van der Waals surface area contributed by atoms with E-state index in [9.17, 15) is 0 Å². The van der Waals surface area contributed by atoms with Crippen molar-refractivity contribution in [3.63, 3.8) is 0 Å². The van der Waals surface area contributed by atoms with Crippen LogP contribution in [0.2, 0.25) is 0 Å². The first-order valence-electron chi connectivity index (χ1n) is 26.2. The fraction of sp³-hybridized carbons (Fsp3) is 0.127. The van der Waals surface area contributed by atoms with E-state index >= 15 is 0 Å². The first kappa shape index (κ1) is 41.9. The van der Waals surface area contributed by atoms with Crippen molar-refractivity contribution in [1.82, 2.24) is 0 Å². The molecule has 0 radical (unpaired) electrons. The number of hydrogen-bond donors (Lipinski definition) is 0. The molecule has 2 heterocycles. The summed E-state index contributed by atoms with van der Waals surface area (Å²) in [4.78, 5) is 2.50. The van der Waals surface area contributed by atoms with Gasteiger partial charge in [-0.25, -0.2) is 0 Å². The first-order valence-corrected chi connectivity index (χ1v) is 26.2. The molecule has 2 aromatic heterocycles. The lowest BCUT2D eigenvalue weighted by atomic mass is 9.72. The number of rotatable bonds is 4. The lowest BCUT2D eigenvalue weighted by Gasteiger charge is -2.32. The molecule has 0 unspecified atom stereocenters. The molecule has 74 heavy (non-hydrogen) atoms. The van der Waals surface area contributed by atoms with Crippen molar-refractivity contribution >= 4 is 82.5 Å². The standard InChI is InChI=1S/C71H51NO2/c1-69(2)55-37-44(32-34-49(55)60-57(69)39-53(47-26-17-21-41-19-9-10-22-46(41)47)67-62(60)51-24-12-15-28-58(51)73-67)72(43-31-30-40-18-7-8-20-42(40)36-43)45-33-35-50-56(38-45)71(5,6)65-61(50)63-52-25-13-16-29-59(52)74-68(63)64-48-23-11-14-27-54(48)70(3,4)66(64)65/h7-39H,1-6H3. The summed E-state index contributed by atoms with van der Waals surface area (Å²) < 4.78 is 14.0. The number of furan rings is 2. The van der Waals surface area contributed by atoms with E-state index in [4.69, 9.17) is 8.83 Å². The van der Waals surface area contributed by atoms with Gasteiger partial charge >= 0.3 is 0 Å². The average Bonchev–Trinajstić information content (AvgIpc) is 4.20. The Bertz CT molecular complexity index is 4640. The highest BCUT2D eigenvalue weighted by Crippen LogP contribution is 2.64. The smallest absolute Gasteiger partial charge is 0.144 e. The minimum absolute atomic E-state index is 0.235. The second-order valence-corrected chi connectivity index (χ2v) is 22.7. The molecule has 0 aliphatic heterocycles. The Morgan fingerprint density at radius 3 is 1.55 bits per heavy atom. The normalized spacial score (nSPS) is 15.2. The quantitative estimate of drug-likeness (QED) is 0.176. The van der Waals surface area contributed by atoms with Crippen molar-refractivity contribution in [1.29, 1.82) is 0 Å². The lowest BCUT2D eigenvalue weighted by Crippen LogP contribution is -2.24. The van der Waals surface area contributed by atoms with E-state index in [2.05, 4.69) is 247 Å². The molecule has 0 atom stereocenters. The van der Waals surface area contributed by atoms with Gasteiger partial charge in [-0.2, -0.15) is 0 Å². The molecule has 0 saturated carbocycles. The monoisotopic (exact) mass is 949 g/mol. The Morgan fingerprint density at radius 2 is 0.811 bits per heavy atom. The maximum atomic E-state index is 7.02. The van der Waals surface area contributed by atoms with Crippen LogP contribution < -0.4 is 4.90 Å². The van der Waals surface area contributed by atoms with E-state index < -0.39 is 0 Å². The molecule has 16 rings (SSSR count). The Hall–Kier alpha value is -8.66. The molecule has 352 valence electrons. The summed E-state index contributed by atoms with van der Waals surface area (Å²) >= 11 is 0. The predicted octanol–water partition coefficient (Wildman–Crippen LogP) is 19.8. The average molecular weight is 950 g/mol. The Kier molecular flexibility index (Phi) is 8.10. The summed E-state index contributed by atoms with van der Waals surface area (Å²) in [5.41, 5.74) is 24.3. The van der Waals surface area contributed by atoms with Gasteiger partial charge in [-0.1, -0.05) is 187 Å². The molecule has 3 nitrogen and oxygen atoms in total. The van der Waals surface area contributed by atoms with Crippen molar-refractivity contribution in [2.75, 3.05) is 4.90 Å². The molecule has 13 aromatic rings. The highest BCUT2D eigenvalue weighted by molar-refractivity contribution is 6.22. The lowest BCUT2D eigenvalue weighted by molar-refractivity contribution is 0.600. The van der Waals surface area contributed by atoms with Gasteiger partial charge in [0.1, 0.15) is 22.3 Å². The summed E-state index contributed by atoms with van der Waals surface area (Å²) in [6.07, 6.45) is 0. The van der Waals surface area contributed by atoms with E-state index in [1.165, 1.54) is 110 Å². The third-order valence-electron chi connectivity index (χ3n) is 17.7. The molecule has 11 aromatic carbocycles. The van der Waals surface area contributed by atoms with Crippen molar-refractivity contribution < 1.29 is 8.83 Å². The van der Waals surface area contributed by atoms with Crippen LogP contribution in [0.4, 0.5) is 17.1 Å². The molecule has 0 fully saturated rings. The zero-order valence-corrected chi connectivity index (χ0v) is 42.3. The maximum Gasteiger partial charge on any atom is 0.144 e. The van der Waals surface area contributed by atoms with Crippen LogP contribution in [0, 0.1) is 0 Å². The highest BCUT2D eigenvalue weighted by Gasteiger charge is 2.49. The number of fused-ring (bicyclic) bond motifs is 21. The summed E-state index contributed by atoms with van der Waals surface area (Å²) in [7, 11) is 0. The van der Waals surface area contributed by atoms with Crippen LogP contribution in [0.1, 0.15) is 74.9 Å². The maximum absolute atomic E-state index is 7.02. The van der Waals surface area contributed by atoms with Crippen molar-refractivity contribution in [3.8, 4) is 44.5 Å². The van der Waals surface area contributed by atoms with Crippen molar-refractivity contribution in [3.05, 3.63) is 234 Å². The molecule has 3 aliphatic rings. The summed E-state index contributed by atoms with van der Waals surface area (Å²) in [5, 5.41) is 9.59. The number of benzene rings is 11. The van der Waals surface area contributed by atoms with Crippen LogP contribution in [-0.4, -0.2) is 0 Å².